The van der Waals surface area contributed by atoms with E-state index in [0.717, 1.165) is 24.3 Å². The fourth-order valence-electron chi connectivity index (χ4n) is 4.80. The number of hydrogen-bond acceptors (Lipinski definition) is 6. The van der Waals surface area contributed by atoms with Crippen LogP contribution in [-0.2, 0) is 0 Å². The molecule has 3 heterocycles. The number of piperazine rings is 1. The molecule has 1 fully saturated rings. The number of nitrogens with zero attached hydrogens (tertiary/aromatic N) is 3. The molecule has 192 valence electrons. The van der Waals surface area contributed by atoms with E-state index >= 15 is 0 Å². The van der Waals surface area contributed by atoms with Gasteiger partial charge in [-0.05, 0) is 63.2 Å². The number of fused-ring (bicyclic) bond motifs is 1. The highest BCUT2D eigenvalue weighted by Gasteiger charge is 2.22. The van der Waals surface area contributed by atoms with Crippen LogP contribution in [0.1, 0.15) is 42.9 Å². The number of anilines is 2. The lowest BCUT2D eigenvalue weighted by molar-refractivity contribution is 0.102. The largest absolute Gasteiger partial charge is 0.486 e. The van der Waals surface area contributed by atoms with E-state index in [1.54, 1.807) is 12.1 Å². The monoisotopic (exact) mass is 538 g/mol. The zero-order valence-electron chi connectivity index (χ0n) is 20.8. The van der Waals surface area contributed by atoms with Crippen molar-refractivity contribution in [2.75, 3.05) is 23.3 Å². The van der Waals surface area contributed by atoms with Gasteiger partial charge in [-0.2, -0.15) is 5.10 Å². The van der Waals surface area contributed by atoms with E-state index in [9.17, 15) is 4.79 Å². The van der Waals surface area contributed by atoms with E-state index in [2.05, 4.69) is 44.6 Å². The molecule has 37 heavy (non-hydrogen) atoms. The lowest BCUT2D eigenvalue weighted by Crippen LogP contribution is -2.54. The second-order valence-corrected chi connectivity index (χ2v) is 10.2. The van der Waals surface area contributed by atoms with Crippen molar-refractivity contribution in [2.24, 2.45) is 0 Å². The zero-order valence-corrected chi connectivity index (χ0v) is 22.3. The van der Waals surface area contributed by atoms with Crippen molar-refractivity contribution in [3.05, 3.63) is 76.2 Å². The van der Waals surface area contributed by atoms with Gasteiger partial charge in [0, 0.05) is 59.9 Å². The highest BCUT2D eigenvalue weighted by molar-refractivity contribution is 6.35. The van der Waals surface area contributed by atoms with Crippen LogP contribution in [0.25, 0.3) is 10.9 Å². The summed E-state index contributed by atoms with van der Waals surface area (Å²) >= 11 is 12.6. The van der Waals surface area contributed by atoms with Gasteiger partial charge in [-0.3, -0.25) is 14.9 Å². The Bertz CT molecular complexity index is 1390. The molecule has 0 radical (unpaired) electrons. The Morgan fingerprint density at radius 1 is 1.08 bits per heavy atom. The normalized spacial score (nSPS) is 18.6. The topological polar surface area (TPSA) is 95.2 Å². The van der Waals surface area contributed by atoms with Gasteiger partial charge in [0.25, 0.3) is 5.91 Å². The molecule has 1 unspecified atom stereocenters. The molecule has 0 bridgehead atoms. The quantitative estimate of drug-likeness (QED) is 0.285. The summed E-state index contributed by atoms with van der Waals surface area (Å²) < 4.78 is 6.10. The van der Waals surface area contributed by atoms with Crippen molar-refractivity contribution in [3.63, 3.8) is 0 Å². The second kappa shape index (κ2) is 10.6. The molecular weight excluding hydrogens is 511 g/mol. The first kappa shape index (κ1) is 25.3. The molecule has 10 heteroatoms. The average molecular weight is 539 g/mol. The van der Waals surface area contributed by atoms with Crippen LogP contribution in [0.3, 0.4) is 0 Å². The molecule has 0 spiro atoms. The van der Waals surface area contributed by atoms with Gasteiger partial charge < -0.3 is 20.3 Å². The fourth-order valence-corrected chi connectivity index (χ4v) is 5.47. The maximum absolute atomic E-state index is 13.1. The number of pyridine rings is 1. The number of halogens is 2. The summed E-state index contributed by atoms with van der Waals surface area (Å²) in [6.07, 6.45) is 2.63. The summed E-state index contributed by atoms with van der Waals surface area (Å²) in [5.74, 6) is 0.247. The maximum atomic E-state index is 13.1. The molecule has 0 aliphatic carbocycles. The minimum absolute atomic E-state index is 0.280. The van der Waals surface area contributed by atoms with Crippen LogP contribution in [0.4, 0.5) is 11.4 Å². The van der Waals surface area contributed by atoms with Crippen molar-refractivity contribution in [1.82, 2.24) is 20.5 Å². The Labute approximate surface area is 225 Å². The summed E-state index contributed by atoms with van der Waals surface area (Å²) in [6.45, 7) is 8.11. The average Bonchev–Trinajstić information content (AvgIpc) is 3.27. The predicted molar refractivity (Wildman–Crippen MR) is 148 cm³/mol. The Balaban J connectivity index is 1.31. The van der Waals surface area contributed by atoms with Crippen LogP contribution in [-0.4, -0.2) is 46.3 Å². The number of aromatic amines is 1. The highest BCUT2D eigenvalue weighted by atomic mass is 35.5. The van der Waals surface area contributed by atoms with E-state index < -0.39 is 6.10 Å². The molecule has 1 aliphatic rings. The minimum atomic E-state index is -0.426. The number of benzene rings is 2. The molecule has 3 N–H and O–H groups in total. The van der Waals surface area contributed by atoms with Crippen LogP contribution >= 0.6 is 23.2 Å². The molecule has 1 amide bonds. The van der Waals surface area contributed by atoms with Gasteiger partial charge in [0.05, 0.1) is 15.6 Å². The van der Waals surface area contributed by atoms with E-state index in [0.29, 0.717) is 44.5 Å². The summed E-state index contributed by atoms with van der Waals surface area (Å²) in [5, 5.41) is 15.2. The summed E-state index contributed by atoms with van der Waals surface area (Å²) in [7, 11) is 0. The van der Waals surface area contributed by atoms with E-state index in [4.69, 9.17) is 27.9 Å². The van der Waals surface area contributed by atoms with Crippen LogP contribution in [0.15, 0.2) is 54.9 Å². The van der Waals surface area contributed by atoms with Crippen LogP contribution in [0.5, 0.6) is 5.75 Å². The molecule has 2 aromatic carbocycles. The third-order valence-corrected chi connectivity index (χ3v) is 7.01. The highest BCUT2D eigenvalue weighted by Crippen LogP contribution is 2.33. The Morgan fingerprint density at radius 2 is 1.76 bits per heavy atom. The van der Waals surface area contributed by atoms with E-state index in [-0.39, 0.29) is 11.6 Å². The van der Waals surface area contributed by atoms with Crippen molar-refractivity contribution < 1.29 is 9.53 Å². The number of aromatic nitrogens is 3. The van der Waals surface area contributed by atoms with Crippen molar-refractivity contribution in [1.29, 1.82) is 0 Å². The van der Waals surface area contributed by atoms with Crippen molar-refractivity contribution in [2.45, 2.75) is 39.0 Å². The van der Waals surface area contributed by atoms with Crippen LogP contribution < -0.4 is 20.3 Å². The van der Waals surface area contributed by atoms with E-state index in [1.165, 1.54) is 12.4 Å². The molecule has 2 aromatic heterocycles. The number of carbonyl (C=O) groups is 1. The second-order valence-electron chi connectivity index (χ2n) is 9.43. The van der Waals surface area contributed by atoms with Gasteiger partial charge in [0.2, 0.25) is 0 Å². The van der Waals surface area contributed by atoms with Crippen molar-refractivity contribution in [3.8, 4) is 5.75 Å². The van der Waals surface area contributed by atoms with Gasteiger partial charge in [0.15, 0.2) is 5.69 Å². The molecule has 4 aromatic rings. The molecule has 1 saturated heterocycles. The first-order valence-electron chi connectivity index (χ1n) is 12.1. The first-order valence-corrected chi connectivity index (χ1v) is 12.9. The van der Waals surface area contributed by atoms with E-state index in [1.807, 2.05) is 37.3 Å². The Kier molecular flexibility index (Phi) is 7.24. The summed E-state index contributed by atoms with van der Waals surface area (Å²) in [4.78, 5) is 19.5. The smallest absolute Gasteiger partial charge is 0.276 e. The van der Waals surface area contributed by atoms with Gasteiger partial charge >= 0.3 is 0 Å². The molecule has 1 aliphatic heterocycles. The number of nitrogens with one attached hydrogen (secondary N) is 3. The lowest BCUT2D eigenvalue weighted by atomic mass is 10.1. The third kappa shape index (κ3) is 5.51. The number of ether oxygens (including phenoxy) is 1. The molecule has 5 rings (SSSR count). The zero-order chi connectivity index (χ0) is 26.1. The van der Waals surface area contributed by atoms with Crippen molar-refractivity contribution >= 4 is 51.4 Å². The summed E-state index contributed by atoms with van der Waals surface area (Å²) in [6, 6.07) is 14.1. The van der Waals surface area contributed by atoms with Gasteiger partial charge in [-0.15, -0.1) is 0 Å². The summed E-state index contributed by atoms with van der Waals surface area (Å²) in [5.41, 5.74) is 3.49. The lowest BCUT2D eigenvalue weighted by Gasteiger charge is -2.37. The number of H-pyrrole nitrogens is 1. The SMILES string of the molecule is CC1CN(c2ccc(NC(=O)c3n[nH]c4ccc(O[C@H](C)c5c(Cl)cncc5Cl)cc34)cc2)C[C@H](C)N1. The molecule has 8 nitrogen and oxygen atoms in total. The standard InChI is InChI=1S/C27H28Cl2N6O2/c1-15-13-35(14-16(2)31-15)19-6-4-18(5-7-19)32-27(36)26-21-10-20(8-9-24(21)33-34-26)37-17(3)25-22(28)11-30-12-23(25)29/h4-12,15-17,31H,13-14H2,1-3H3,(H,32,36)(H,33,34)/t15-,16?,17+/m0/s1. The van der Waals surface area contributed by atoms with Gasteiger partial charge in [-0.1, -0.05) is 23.2 Å². The Hall–Kier alpha value is -3.33. The predicted octanol–water partition coefficient (Wildman–Crippen LogP) is 5.84. The minimum Gasteiger partial charge on any atom is -0.486 e. The Morgan fingerprint density at radius 3 is 2.43 bits per heavy atom. The van der Waals surface area contributed by atoms with Crippen LogP contribution in [0, 0.1) is 0 Å². The number of hydrogen-bond donors (Lipinski definition) is 3. The number of amides is 1. The number of rotatable bonds is 6. The molecule has 3 atom stereocenters. The molecular formula is C27H28Cl2N6O2. The third-order valence-electron chi connectivity index (χ3n) is 6.41. The molecule has 0 saturated carbocycles. The first-order chi connectivity index (χ1) is 17.8. The number of carbonyl (C=O) groups excluding carboxylic acids is 1. The van der Waals surface area contributed by atoms with Gasteiger partial charge in [0.1, 0.15) is 11.9 Å². The van der Waals surface area contributed by atoms with Gasteiger partial charge in [-0.25, -0.2) is 0 Å². The maximum Gasteiger partial charge on any atom is 0.276 e. The fraction of sp³-hybridized carbons (Fsp3) is 0.296. The van der Waals surface area contributed by atoms with Crippen LogP contribution in [0.2, 0.25) is 10.0 Å².